The zero-order valence-corrected chi connectivity index (χ0v) is 39.1. The van der Waals surface area contributed by atoms with Gasteiger partial charge in [-0.25, -0.2) is 0 Å². The van der Waals surface area contributed by atoms with Crippen molar-refractivity contribution in [2.75, 3.05) is 19.8 Å². The van der Waals surface area contributed by atoms with Gasteiger partial charge in [-0.05, 0) is 130 Å². The Morgan fingerprint density at radius 2 is 1.32 bits per heavy atom. The lowest BCUT2D eigenvalue weighted by molar-refractivity contribution is -0.335. The van der Waals surface area contributed by atoms with Crippen LogP contribution in [0.15, 0.2) is 0 Å². The lowest BCUT2D eigenvalue weighted by Gasteiger charge is -2.63. The van der Waals surface area contributed by atoms with E-state index in [2.05, 4.69) is 27.7 Å². The third kappa shape index (κ3) is 8.01. The summed E-state index contributed by atoms with van der Waals surface area (Å²) in [6.07, 6.45) is -13.9. The summed E-state index contributed by atoms with van der Waals surface area (Å²) in [7, 11) is 0. The van der Waals surface area contributed by atoms with Gasteiger partial charge in [0.15, 0.2) is 18.9 Å². The molecule has 2 spiro atoms. The number of aliphatic hydroxyl groups is 12. The first kappa shape index (κ1) is 50.7. The highest BCUT2D eigenvalue weighted by molar-refractivity contribution is 5.31. The molecule has 3 saturated heterocycles. The Bertz CT molecular complexity index is 1670. The van der Waals surface area contributed by atoms with Gasteiger partial charge in [0, 0.05) is 5.41 Å². The fraction of sp³-hybridized carbons (Fsp3) is 1.00. The monoisotopic (exact) mass is 933 g/mol. The van der Waals surface area contributed by atoms with E-state index in [4.69, 9.17) is 28.4 Å². The van der Waals surface area contributed by atoms with Gasteiger partial charge in [-0.2, -0.15) is 0 Å². The van der Waals surface area contributed by atoms with Crippen molar-refractivity contribution in [1.29, 1.82) is 0 Å². The van der Waals surface area contributed by atoms with Crippen LogP contribution in [0.5, 0.6) is 0 Å². The Kier molecular flexibility index (Phi) is 13.9. The summed E-state index contributed by atoms with van der Waals surface area (Å²) in [6.45, 7) is 12.9. The van der Waals surface area contributed by atoms with Crippen molar-refractivity contribution in [3.8, 4) is 0 Å². The van der Waals surface area contributed by atoms with Crippen LogP contribution in [-0.2, 0) is 28.4 Å². The molecule has 3 heterocycles. The minimum atomic E-state index is -1.69. The molecular weight excluding hydrogens is 852 g/mol. The Morgan fingerprint density at radius 3 is 2.00 bits per heavy atom. The first-order chi connectivity index (χ1) is 30.3. The van der Waals surface area contributed by atoms with E-state index in [1.807, 2.05) is 0 Å². The van der Waals surface area contributed by atoms with Crippen molar-refractivity contribution in [2.24, 2.45) is 50.7 Å². The molecule has 0 bridgehead atoms. The number of hydrogen-bond acceptors (Lipinski definition) is 18. The standard InChI is InChI=1S/C47H80O18/c1-21(8-11-28(50)42(3,4)59)30-24(63-41-38(58)35(55)33(53)25(64-41)18-61-39-37(57)34(54)31(51)22(2)62-39)16-45(7)27-10-9-26-43(5,20-48)29(65-40-36(56)32(52)23(49)17-60-40)12-13-46(26)19-47(27,46)15-14-44(30,45)6/h21-41,48-59H,8-20H2,1-7H3/t21-,22+,23+,24+,25-,26+,27+,28+,29+,30?,31+,32+,33-,34-,35+,36-,37-,38-,39-,40+,41-,43-,44-,45+,46-,47+/m1/s1. The molecule has 0 amide bonds. The predicted molar refractivity (Wildman–Crippen MR) is 227 cm³/mol. The van der Waals surface area contributed by atoms with E-state index in [0.29, 0.717) is 25.7 Å². The molecule has 8 fully saturated rings. The summed E-state index contributed by atoms with van der Waals surface area (Å²) in [4.78, 5) is 0. The van der Waals surface area contributed by atoms with E-state index >= 15 is 0 Å². The van der Waals surface area contributed by atoms with Crippen LogP contribution in [0.3, 0.4) is 0 Å². The summed E-state index contributed by atoms with van der Waals surface area (Å²) >= 11 is 0. The number of fused-ring (bicyclic) bond motifs is 2. The van der Waals surface area contributed by atoms with Gasteiger partial charge in [-0.1, -0.05) is 27.7 Å². The third-order valence-corrected chi connectivity index (χ3v) is 19.5. The van der Waals surface area contributed by atoms with Gasteiger partial charge in [0.25, 0.3) is 0 Å². The minimum absolute atomic E-state index is 0.0248. The lowest BCUT2D eigenvalue weighted by atomic mass is 9.41. The molecule has 18 heteroatoms. The maximum Gasteiger partial charge on any atom is 0.186 e. The van der Waals surface area contributed by atoms with Crippen molar-refractivity contribution < 1.29 is 89.7 Å². The Hall–Kier alpha value is -0.720. The highest BCUT2D eigenvalue weighted by Gasteiger charge is 2.83. The van der Waals surface area contributed by atoms with Gasteiger partial charge in [0.2, 0.25) is 0 Å². The Morgan fingerprint density at radius 1 is 0.692 bits per heavy atom. The highest BCUT2D eigenvalue weighted by atomic mass is 16.7. The second-order valence-electron chi connectivity index (χ2n) is 23.2. The molecule has 12 N–H and O–H groups in total. The number of hydrogen-bond donors (Lipinski definition) is 12. The number of rotatable bonds is 13. The van der Waals surface area contributed by atoms with Gasteiger partial charge in [-0.3, -0.25) is 0 Å². The zero-order valence-electron chi connectivity index (χ0n) is 39.1. The van der Waals surface area contributed by atoms with Crippen LogP contribution in [0.2, 0.25) is 0 Å². The van der Waals surface area contributed by atoms with Crippen LogP contribution in [0.1, 0.15) is 113 Å². The Labute approximate surface area is 382 Å². The maximum absolute atomic E-state index is 11.5. The van der Waals surface area contributed by atoms with Gasteiger partial charge in [0.05, 0.1) is 49.8 Å². The topological polar surface area (TPSA) is 298 Å². The predicted octanol–water partition coefficient (Wildman–Crippen LogP) is -0.583. The molecule has 0 radical (unpaired) electrons. The highest BCUT2D eigenvalue weighted by Crippen LogP contribution is 2.89. The summed E-state index contributed by atoms with van der Waals surface area (Å²) in [5, 5.41) is 129. The molecule has 376 valence electrons. The van der Waals surface area contributed by atoms with Gasteiger partial charge >= 0.3 is 0 Å². The van der Waals surface area contributed by atoms with Crippen LogP contribution >= 0.6 is 0 Å². The number of ether oxygens (including phenoxy) is 6. The molecule has 5 aliphatic carbocycles. The smallest absolute Gasteiger partial charge is 0.186 e. The molecule has 1 unspecified atom stereocenters. The quantitative estimate of drug-likeness (QED) is 0.103. The van der Waals surface area contributed by atoms with E-state index in [9.17, 15) is 61.3 Å². The molecule has 0 aromatic heterocycles. The maximum atomic E-state index is 11.5. The SMILES string of the molecule is C[C@H](CC[C@H](O)C(C)(C)O)C1[C@@H](O[C@@H]2O[C@H](CO[C@@H]3O[C@@H](C)[C@H](O)[C@@H](O)[C@H]3O)[C@@H](O)[C@H](O)[C@H]2O)C[C@@]2(C)[C@@H]3CC[C@H]4[C@@](C)(CO)[C@@H](O[C@@H]5OC[C@H](O)[C@H](O)[C@H]5O)CC[C@@]45C[C@@]35CC[C@]12C. The first-order valence-corrected chi connectivity index (χ1v) is 24.3. The molecular formula is C47H80O18. The van der Waals surface area contributed by atoms with Crippen LogP contribution < -0.4 is 0 Å². The van der Waals surface area contributed by atoms with E-state index in [1.165, 1.54) is 6.92 Å². The molecule has 8 rings (SSSR count). The van der Waals surface area contributed by atoms with Crippen molar-refractivity contribution >= 4 is 0 Å². The van der Waals surface area contributed by atoms with E-state index in [-0.39, 0.29) is 58.5 Å². The van der Waals surface area contributed by atoms with Crippen molar-refractivity contribution in [3.63, 3.8) is 0 Å². The molecule has 65 heavy (non-hydrogen) atoms. The number of aliphatic hydroxyl groups excluding tert-OH is 11. The fourth-order valence-corrected chi connectivity index (χ4v) is 15.5. The van der Waals surface area contributed by atoms with E-state index in [0.717, 1.165) is 38.5 Å². The van der Waals surface area contributed by atoms with Gasteiger partial charge in [0.1, 0.15) is 61.0 Å². The second-order valence-corrected chi connectivity index (χ2v) is 23.2. The van der Waals surface area contributed by atoms with Crippen molar-refractivity contribution in [2.45, 2.75) is 223 Å². The second kappa shape index (κ2) is 17.8. The lowest BCUT2D eigenvalue weighted by Crippen LogP contribution is -2.61. The summed E-state index contributed by atoms with van der Waals surface area (Å²) in [6, 6.07) is 0. The van der Waals surface area contributed by atoms with E-state index < -0.39 is 122 Å². The largest absolute Gasteiger partial charge is 0.396 e. The third-order valence-electron chi connectivity index (χ3n) is 19.5. The molecule has 26 atom stereocenters. The molecule has 0 aromatic carbocycles. The molecule has 5 saturated carbocycles. The average molecular weight is 933 g/mol. The van der Waals surface area contributed by atoms with Crippen LogP contribution in [0.4, 0.5) is 0 Å². The van der Waals surface area contributed by atoms with Crippen molar-refractivity contribution in [1.82, 2.24) is 0 Å². The first-order valence-electron chi connectivity index (χ1n) is 24.3. The van der Waals surface area contributed by atoms with Crippen LogP contribution in [-0.4, -0.2) is 191 Å². The van der Waals surface area contributed by atoms with Gasteiger partial charge < -0.3 is 89.7 Å². The fourth-order valence-electron chi connectivity index (χ4n) is 15.5. The van der Waals surface area contributed by atoms with Crippen molar-refractivity contribution in [3.05, 3.63) is 0 Å². The normalized spacial score (nSPS) is 55.3. The van der Waals surface area contributed by atoms with Crippen LogP contribution in [0.25, 0.3) is 0 Å². The van der Waals surface area contributed by atoms with Gasteiger partial charge in [-0.15, -0.1) is 0 Å². The molecule has 18 nitrogen and oxygen atoms in total. The Balaban J connectivity index is 1.04. The average Bonchev–Trinajstić information content (AvgIpc) is 3.86. The molecule has 8 aliphatic rings. The molecule has 3 aliphatic heterocycles. The zero-order chi connectivity index (χ0) is 47.6. The summed E-state index contributed by atoms with van der Waals surface area (Å²) < 4.78 is 36.6. The van der Waals surface area contributed by atoms with E-state index in [1.54, 1.807) is 13.8 Å². The molecule has 0 aromatic rings. The minimum Gasteiger partial charge on any atom is -0.396 e. The van der Waals surface area contributed by atoms with Crippen LogP contribution in [0, 0.1) is 50.7 Å². The summed E-state index contributed by atoms with van der Waals surface area (Å²) in [5.74, 6) is 0.220. The summed E-state index contributed by atoms with van der Waals surface area (Å²) in [5.41, 5.74) is -2.66.